The van der Waals surface area contributed by atoms with Crippen LogP contribution in [0.25, 0.3) is 0 Å². The summed E-state index contributed by atoms with van der Waals surface area (Å²) in [6, 6.07) is 7.34. The summed E-state index contributed by atoms with van der Waals surface area (Å²) in [5.74, 6) is -1.42. The van der Waals surface area contributed by atoms with Gasteiger partial charge < -0.3 is 10.4 Å². The molecule has 0 aliphatic heterocycles. The highest BCUT2D eigenvalue weighted by molar-refractivity contribution is 6.34. The number of benzene rings is 1. The van der Waals surface area contributed by atoms with Crippen molar-refractivity contribution in [1.29, 1.82) is 0 Å². The molecule has 2 rings (SSSR count). The molecule has 19 heavy (non-hydrogen) atoms. The van der Waals surface area contributed by atoms with Crippen LogP contribution in [0.5, 0.6) is 0 Å². The fourth-order valence-corrected chi connectivity index (χ4v) is 1.63. The first-order chi connectivity index (χ1) is 9.08. The molecule has 0 saturated carbocycles. The van der Waals surface area contributed by atoms with Gasteiger partial charge in [-0.05, 0) is 30.3 Å². The van der Waals surface area contributed by atoms with Crippen molar-refractivity contribution in [3.63, 3.8) is 0 Å². The van der Waals surface area contributed by atoms with E-state index in [0.29, 0.717) is 10.7 Å². The van der Waals surface area contributed by atoms with E-state index in [1.165, 1.54) is 42.7 Å². The minimum atomic E-state index is -1.02. The molecule has 0 spiro atoms. The molecule has 0 radical (unpaired) electrons. The van der Waals surface area contributed by atoms with Crippen molar-refractivity contribution in [1.82, 2.24) is 4.98 Å². The summed E-state index contributed by atoms with van der Waals surface area (Å²) in [7, 11) is 0. The number of carboxylic acids is 1. The summed E-state index contributed by atoms with van der Waals surface area (Å²) >= 11 is 5.87. The minimum Gasteiger partial charge on any atom is -0.478 e. The highest BCUT2D eigenvalue weighted by Crippen LogP contribution is 2.16. The van der Waals surface area contributed by atoms with Crippen LogP contribution >= 0.6 is 11.6 Å². The van der Waals surface area contributed by atoms with E-state index >= 15 is 0 Å². The Labute approximate surface area is 113 Å². The maximum Gasteiger partial charge on any atom is 0.335 e. The average molecular weight is 277 g/mol. The van der Waals surface area contributed by atoms with Gasteiger partial charge >= 0.3 is 5.97 Å². The highest BCUT2D eigenvalue weighted by atomic mass is 35.5. The molecule has 0 aliphatic rings. The van der Waals surface area contributed by atoms with E-state index in [1.807, 2.05) is 0 Å². The zero-order valence-corrected chi connectivity index (χ0v) is 10.4. The zero-order valence-electron chi connectivity index (χ0n) is 9.63. The molecular weight excluding hydrogens is 268 g/mol. The molecule has 0 bridgehead atoms. The quantitative estimate of drug-likeness (QED) is 0.903. The SMILES string of the molecule is O=C(O)c1ccc(NC(=O)c2cnccc2Cl)cc1. The van der Waals surface area contributed by atoms with Gasteiger partial charge in [0.15, 0.2) is 0 Å². The predicted molar refractivity (Wildman–Crippen MR) is 70.6 cm³/mol. The third-order valence-electron chi connectivity index (χ3n) is 2.40. The smallest absolute Gasteiger partial charge is 0.335 e. The molecule has 0 atom stereocenters. The van der Waals surface area contributed by atoms with Gasteiger partial charge in [0.25, 0.3) is 5.91 Å². The van der Waals surface area contributed by atoms with Crippen molar-refractivity contribution in [2.75, 3.05) is 5.32 Å². The van der Waals surface area contributed by atoms with Gasteiger partial charge in [0.05, 0.1) is 16.1 Å². The standard InChI is InChI=1S/C13H9ClN2O3/c14-11-5-6-15-7-10(11)12(17)16-9-3-1-8(2-4-9)13(18)19/h1-7H,(H,16,17)(H,18,19). The summed E-state index contributed by atoms with van der Waals surface area (Å²) in [5, 5.41) is 11.7. The number of hydrogen-bond donors (Lipinski definition) is 2. The third kappa shape index (κ3) is 3.08. The molecule has 2 N–H and O–H groups in total. The van der Waals surface area contributed by atoms with Crippen molar-refractivity contribution >= 4 is 29.2 Å². The first kappa shape index (κ1) is 13.0. The fourth-order valence-electron chi connectivity index (χ4n) is 1.44. The number of carboxylic acid groups (broad SMARTS) is 1. The number of nitrogens with zero attached hydrogens (tertiary/aromatic N) is 1. The first-order valence-electron chi connectivity index (χ1n) is 5.32. The maximum absolute atomic E-state index is 11.9. The van der Waals surface area contributed by atoms with E-state index < -0.39 is 11.9 Å². The number of halogens is 1. The Kier molecular flexibility index (Phi) is 3.77. The number of hydrogen-bond acceptors (Lipinski definition) is 3. The van der Waals surface area contributed by atoms with Gasteiger partial charge in [0.1, 0.15) is 0 Å². The van der Waals surface area contributed by atoms with Crippen molar-refractivity contribution in [3.05, 3.63) is 58.9 Å². The van der Waals surface area contributed by atoms with Crippen LogP contribution in [0.2, 0.25) is 5.02 Å². The van der Waals surface area contributed by atoms with Gasteiger partial charge in [-0.2, -0.15) is 0 Å². The summed E-state index contributed by atoms with van der Waals surface area (Å²) < 4.78 is 0. The number of pyridine rings is 1. The van der Waals surface area contributed by atoms with Gasteiger partial charge in [-0.3, -0.25) is 9.78 Å². The van der Waals surface area contributed by atoms with Crippen molar-refractivity contribution in [2.45, 2.75) is 0 Å². The van der Waals surface area contributed by atoms with Crippen LogP contribution in [-0.2, 0) is 0 Å². The van der Waals surface area contributed by atoms with Crippen LogP contribution < -0.4 is 5.32 Å². The monoisotopic (exact) mass is 276 g/mol. The van der Waals surface area contributed by atoms with Crippen molar-refractivity contribution < 1.29 is 14.7 Å². The van der Waals surface area contributed by atoms with Crippen molar-refractivity contribution in [2.24, 2.45) is 0 Å². The molecule has 0 saturated heterocycles. The molecule has 1 aromatic carbocycles. The fraction of sp³-hybridized carbons (Fsp3) is 0. The number of aromatic carboxylic acids is 1. The molecule has 1 aromatic heterocycles. The number of carbonyl (C=O) groups is 2. The van der Waals surface area contributed by atoms with Crippen LogP contribution in [0.1, 0.15) is 20.7 Å². The topological polar surface area (TPSA) is 79.3 Å². The van der Waals surface area contributed by atoms with E-state index in [9.17, 15) is 9.59 Å². The molecule has 1 heterocycles. The largest absolute Gasteiger partial charge is 0.478 e. The molecule has 0 fully saturated rings. The molecule has 0 aliphatic carbocycles. The number of rotatable bonds is 3. The van der Waals surface area contributed by atoms with Crippen LogP contribution in [-0.4, -0.2) is 22.0 Å². The lowest BCUT2D eigenvalue weighted by molar-refractivity contribution is 0.0696. The zero-order chi connectivity index (χ0) is 13.8. The Hall–Kier alpha value is -2.40. The van der Waals surface area contributed by atoms with Crippen molar-refractivity contribution in [3.8, 4) is 0 Å². The van der Waals surface area contributed by atoms with Crippen LogP contribution in [0.4, 0.5) is 5.69 Å². The Morgan fingerprint density at radius 2 is 1.84 bits per heavy atom. The molecule has 0 unspecified atom stereocenters. The van der Waals surface area contributed by atoms with Gasteiger partial charge in [-0.1, -0.05) is 11.6 Å². The molecule has 5 nitrogen and oxygen atoms in total. The lowest BCUT2D eigenvalue weighted by Crippen LogP contribution is -2.12. The predicted octanol–water partition coefficient (Wildman–Crippen LogP) is 2.69. The van der Waals surface area contributed by atoms with Crippen LogP contribution in [0, 0.1) is 0 Å². The maximum atomic E-state index is 11.9. The second-order valence-corrected chi connectivity index (χ2v) is 4.10. The molecule has 1 amide bonds. The van der Waals surface area contributed by atoms with Gasteiger partial charge in [-0.25, -0.2) is 4.79 Å². The second kappa shape index (κ2) is 5.49. The van der Waals surface area contributed by atoms with Gasteiger partial charge in [-0.15, -0.1) is 0 Å². The number of carbonyl (C=O) groups excluding carboxylic acids is 1. The van der Waals surface area contributed by atoms with E-state index in [-0.39, 0.29) is 11.1 Å². The molecule has 2 aromatic rings. The number of anilines is 1. The number of aromatic nitrogens is 1. The normalized spacial score (nSPS) is 9.95. The van der Waals surface area contributed by atoms with E-state index in [0.717, 1.165) is 0 Å². The summed E-state index contributed by atoms with van der Waals surface area (Å²) in [6.45, 7) is 0. The number of nitrogens with one attached hydrogen (secondary N) is 1. The third-order valence-corrected chi connectivity index (χ3v) is 2.73. The summed E-state index contributed by atoms with van der Waals surface area (Å²) in [6.07, 6.45) is 2.85. The summed E-state index contributed by atoms with van der Waals surface area (Å²) in [4.78, 5) is 26.4. The first-order valence-corrected chi connectivity index (χ1v) is 5.70. The Balaban J connectivity index is 2.15. The highest BCUT2D eigenvalue weighted by Gasteiger charge is 2.10. The van der Waals surface area contributed by atoms with Crippen LogP contribution in [0.15, 0.2) is 42.7 Å². The lowest BCUT2D eigenvalue weighted by atomic mass is 10.2. The molecular formula is C13H9ClN2O3. The molecule has 6 heteroatoms. The van der Waals surface area contributed by atoms with Crippen LogP contribution in [0.3, 0.4) is 0 Å². The van der Waals surface area contributed by atoms with E-state index in [2.05, 4.69) is 10.3 Å². The number of amides is 1. The Morgan fingerprint density at radius 3 is 2.42 bits per heavy atom. The molecule has 96 valence electrons. The van der Waals surface area contributed by atoms with Gasteiger partial charge in [0.2, 0.25) is 0 Å². The Morgan fingerprint density at radius 1 is 1.16 bits per heavy atom. The lowest BCUT2D eigenvalue weighted by Gasteiger charge is -2.06. The second-order valence-electron chi connectivity index (χ2n) is 3.69. The Bertz CT molecular complexity index is 626. The van der Waals surface area contributed by atoms with Gasteiger partial charge in [0, 0.05) is 18.1 Å². The van der Waals surface area contributed by atoms with E-state index in [4.69, 9.17) is 16.7 Å². The average Bonchev–Trinajstić information content (AvgIpc) is 2.39. The minimum absolute atomic E-state index is 0.150. The van der Waals surface area contributed by atoms with E-state index in [1.54, 1.807) is 0 Å². The summed E-state index contributed by atoms with van der Waals surface area (Å²) in [5.41, 5.74) is 0.888.